The number of benzene rings is 6. The molecule has 6 aromatic carbocycles. The summed E-state index contributed by atoms with van der Waals surface area (Å²) in [5.41, 5.74) is 25.3. The molecule has 0 aliphatic heterocycles. The lowest BCUT2D eigenvalue weighted by Crippen LogP contribution is -2.10. The lowest BCUT2D eigenvalue weighted by Gasteiger charge is -2.16. The van der Waals surface area contributed by atoms with Gasteiger partial charge in [0.1, 0.15) is 5.84 Å². The summed E-state index contributed by atoms with van der Waals surface area (Å²) < 4.78 is 2.45. The van der Waals surface area contributed by atoms with Gasteiger partial charge in [-0.2, -0.15) is 0 Å². The van der Waals surface area contributed by atoms with Gasteiger partial charge in [0.15, 0.2) is 0 Å². The maximum Gasteiger partial charge on any atom is 0.122 e. The molecule has 0 fully saturated rings. The molecule has 5 N–H and O–H groups in total. The maximum absolute atomic E-state index is 7.01. The minimum Gasteiger partial charge on any atom is -0.384 e. The van der Waals surface area contributed by atoms with Gasteiger partial charge in [0, 0.05) is 46.0 Å². The average Bonchev–Trinajstić information content (AvgIpc) is 3.56. The predicted molar refractivity (Wildman–Crippen MR) is 223 cm³/mol. The third-order valence-electron chi connectivity index (χ3n) is 9.53. The molecule has 260 valence electrons. The maximum atomic E-state index is 7.01. The number of aromatic nitrogens is 2. The fourth-order valence-corrected chi connectivity index (χ4v) is 6.98. The van der Waals surface area contributed by atoms with Crippen LogP contribution in [-0.2, 0) is 13.0 Å². The Bertz CT molecular complexity index is 2520. The fraction of sp³-hybridized carbons (Fsp3) is 0.0833. The van der Waals surface area contributed by atoms with Crippen molar-refractivity contribution in [3.05, 3.63) is 198 Å². The van der Waals surface area contributed by atoms with Crippen LogP contribution in [0.1, 0.15) is 34.4 Å². The SMILES string of the molecule is Cc1ccccc1.N=C(N)c1ccccc1.NCc1cccc(-c2ccnc3cccc(-c4cccc(-n5c6c(c7ccccc75)C=CCC6)c4)c23)c1. The van der Waals surface area contributed by atoms with Crippen LogP contribution >= 0.6 is 0 Å². The van der Waals surface area contributed by atoms with Gasteiger partial charge >= 0.3 is 0 Å². The van der Waals surface area contributed by atoms with Crippen LogP contribution in [0, 0.1) is 12.3 Å². The number of allylic oxidation sites excluding steroid dienone is 1. The summed E-state index contributed by atoms with van der Waals surface area (Å²) in [6.45, 7) is 2.61. The minimum atomic E-state index is 0.121. The Morgan fingerprint density at radius 3 is 2.11 bits per heavy atom. The van der Waals surface area contributed by atoms with E-state index in [2.05, 4.69) is 133 Å². The van der Waals surface area contributed by atoms with E-state index in [0.29, 0.717) is 6.54 Å². The summed E-state index contributed by atoms with van der Waals surface area (Å²) in [7, 11) is 0. The molecular weight excluding hydrogens is 647 g/mol. The zero-order chi connectivity index (χ0) is 36.6. The van der Waals surface area contributed by atoms with Crippen molar-refractivity contribution in [2.24, 2.45) is 11.5 Å². The summed E-state index contributed by atoms with van der Waals surface area (Å²) >= 11 is 0. The van der Waals surface area contributed by atoms with Crippen molar-refractivity contribution in [2.75, 3.05) is 0 Å². The average molecular weight is 690 g/mol. The number of nitrogen functional groups attached to an aromatic ring is 1. The second-order valence-electron chi connectivity index (χ2n) is 13.1. The molecule has 0 amide bonds. The molecule has 2 aromatic heterocycles. The second kappa shape index (κ2) is 16.2. The first-order chi connectivity index (χ1) is 26.0. The molecule has 8 aromatic rings. The summed E-state index contributed by atoms with van der Waals surface area (Å²) in [5.74, 6) is 0.121. The highest BCUT2D eigenvalue weighted by Crippen LogP contribution is 2.38. The van der Waals surface area contributed by atoms with Crippen LogP contribution in [0.2, 0.25) is 0 Å². The van der Waals surface area contributed by atoms with Crippen LogP contribution in [-0.4, -0.2) is 15.4 Å². The smallest absolute Gasteiger partial charge is 0.122 e. The number of nitrogens with two attached hydrogens (primary N) is 2. The molecule has 0 saturated carbocycles. The van der Waals surface area contributed by atoms with E-state index in [1.165, 1.54) is 55.5 Å². The first kappa shape index (κ1) is 34.9. The second-order valence-corrected chi connectivity index (χ2v) is 13.1. The Morgan fingerprint density at radius 2 is 1.40 bits per heavy atom. The van der Waals surface area contributed by atoms with Crippen molar-refractivity contribution in [3.8, 4) is 27.9 Å². The van der Waals surface area contributed by atoms with E-state index >= 15 is 0 Å². The molecule has 5 nitrogen and oxygen atoms in total. The van der Waals surface area contributed by atoms with E-state index < -0.39 is 0 Å². The topological polar surface area (TPSA) is 93.7 Å². The quantitative estimate of drug-likeness (QED) is 0.124. The van der Waals surface area contributed by atoms with Crippen molar-refractivity contribution in [1.29, 1.82) is 5.41 Å². The van der Waals surface area contributed by atoms with Crippen LogP contribution in [0.3, 0.4) is 0 Å². The monoisotopic (exact) mass is 689 g/mol. The zero-order valence-corrected chi connectivity index (χ0v) is 29.9. The molecule has 9 rings (SSSR count). The zero-order valence-electron chi connectivity index (χ0n) is 29.9. The lowest BCUT2D eigenvalue weighted by molar-refractivity contribution is 0.889. The molecule has 0 radical (unpaired) electrons. The van der Waals surface area contributed by atoms with Crippen LogP contribution in [0.25, 0.3) is 55.8 Å². The van der Waals surface area contributed by atoms with Gasteiger partial charge in [-0.05, 0) is 84.0 Å². The first-order valence-corrected chi connectivity index (χ1v) is 18.0. The largest absolute Gasteiger partial charge is 0.384 e. The van der Waals surface area contributed by atoms with E-state index in [1.807, 2.05) is 54.7 Å². The van der Waals surface area contributed by atoms with Gasteiger partial charge in [-0.25, -0.2) is 0 Å². The summed E-state index contributed by atoms with van der Waals surface area (Å²) in [6, 6.07) is 54.2. The number of rotatable bonds is 5. The normalized spacial score (nSPS) is 11.6. The third-order valence-corrected chi connectivity index (χ3v) is 9.53. The Balaban J connectivity index is 0.000000225. The van der Waals surface area contributed by atoms with Gasteiger partial charge < -0.3 is 16.0 Å². The van der Waals surface area contributed by atoms with E-state index in [1.54, 1.807) is 0 Å². The van der Waals surface area contributed by atoms with Crippen LogP contribution in [0.5, 0.6) is 0 Å². The Hall–Kier alpha value is -6.56. The number of amidine groups is 1. The molecule has 0 bridgehead atoms. The number of nitrogens with zero attached hydrogens (tertiary/aromatic N) is 2. The highest BCUT2D eigenvalue weighted by Gasteiger charge is 2.19. The van der Waals surface area contributed by atoms with E-state index in [9.17, 15) is 0 Å². The molecule has 1 aliphatic carbocycles. The van der Waals surface area contributed by atoms with Crippen LogP contribution in [0.15, 0.2) is 170 Å². The number of nitrogens with one attached hydrogen (secondary N) is 1. The lowest BCUT2D eigenvalue weighted by atomic mass is 9.93. The standard InChI is InChI=1S/C34H27N3.C7H8N2.C7H8/c35-22-23-8-5-9-24(20-23)28-18-19-36-31-15-7-14-27(34(28)31)25-10-6-11-26(21-25)37-32-16-3-1-12-29(32)30-13-2-4-17-33(30)37;8-7(9)6-4-2-1-3-5-6;1-7-5-3-2-4-6-7/h1-3,5-16,18-21H,4,17,22,35H2;1-5H,(H3,8,9);2-6H,1H3. The fourth-order valence-electron chi connectivity index (χ4n) is 6.98. The van der Waals surface area contributed by atoms with E-state index in [4.69, 9.17) is 21.9 Å². The van der Waals surface area contributed by atoms with Crippen molar-refractivity contribution in [1.82, 2.24) is 9.55 Å². The number of fused-ring (bicyclic) bond motifs is 4. The van der Waals surface area contributed by atoms with Crippen molar-refractivity contribution in [2.45, 2.75) is 26.3 Å². The molecule has 2 heterocycles. The summed E-state index contributed by atoms with van der Waals surface area (Å²) in [5, 5.41) is 9.49. The minimum absolute atomic E-state index is 0.121. The van der Waals surface area contributed by atoms with Crippen molar-refractivity contribution >= 4 is 33.7 Å². The van der Waals surface area contributed by atoms with Crippen LogP contribution < -0.4 is 11.5 Å². The Morgan fingerprint density at radius 1 is 0.717 bits per heavy atom. The van der Waals surface area contributed by atoms with Crippen molar-refractivity contribution < 1.29 is 0 Å². The molecule has 0 spiro atoms. The van der Waals surface area contributed by atoms with Gasteiger partial charge in [0.2, 0.25) is 0 Å². The number of para-hydroxylation sites is 1. The molecule has 5 heteroatoms. The molecule has 0 atom stereocenters. The predicted octanol–water partition coefficient (Wildman–Crippen LogP) is 10.9. The highest BCUT2D eigenvalue weighted by molar-refractivity contribution is 6.05. The molecular formula is C48H43N5. The number of hydrogen-bond acceptors (Lipinski definition) is 3. The van der Waals surface area contributed by atoms with Gasteiger partial charge in [-0.3, -0.25) is 10.4 Å². The molecule has 0 unspecified atom stereocenters. The highest BCUT2D eigenvalue weighted by atomic mass is 15.0. The number of hydrogen-bond donors (Lipinski definition) is 3. The number of pyridine rings is 1. The van der Waals surface area contributed by atoms with E-state index in [-0.39, 0.29) is 5.84 Å². The van der Waals surface area contributed by atoms with Gasteiger partial charge in [0.05, 0.1) is 11.0 Å². The summed E-state index contributed by atoms with van der Waals surface area (Å²) in [6.07, 6.45) is 8.60. The van der Waals surface area contributed by atoms with Gasteiger partial charge in [0.25, 0.3) is 0 Å². The Kier molecular flexibility index (Phi) is 10.7. The first-order valence-electron chi connectivity index (χ1n) is 18.0. The number of aryl methyl sites for hydroxylation is 1. The molecule has 1 aliphatic rings. The molecule has 53 heavy (non-hydrogen) atoms. The third kappa shape index (κ3) is 7.71. The molecule has 0 saturated heterocycles. The summed E-state index contributed by atoms with van der Waals surface area (Å²) in [4.78, 5) is 4.73. The van der Waals surface area contributed by atoms with Crippen molar-refractivity contribution in [3.63, 3.8) is 0 Å². The van der Waals surface area contributed by atoms with Crippen LogP contribution in [0.4, 0.5) is 0 Å². The Labute approximate surface area is 311 Å². The van der Waals surface area contributed by atoms with E-state index in [0.717, 1.165) is 35.0 Å². The van der Waals surface area contributed by atoms with Gasteiger partial charge in [-0.15, -0.1) is 0 Å². The van der Waals surface area contributed by atoms with Gasteiger partial charge in [-0.1, -0.05) is 139 Å².